The number of aliphatic hydroxyl groups is 3. The lowest BCUT2D eigenvalue weighted by Crippen LogP contribution is -2.31. The van der Waals surface area contributed by atoms with Crippen LogP contribution in [-0.4, -0.2) is 79.1 Å². The molecule has 0 aromatic carbocycles. The zero-order chi connectivity index (χ0) is 12.9. The maximum Gasteiger partial charge on any atom is 0.106 e. The topological polar surface area (TPSA) is 88.3 Å². The molecule has 0 fully saturated rings. The van der Waals surface area contributed by atoms with Gasteiger partial charge in [-0.25, -0.2) is 0 Å². The van der Waals surface area contributed by atoms with Crippen molar-refractivity contribution in [3.05, 3.63) is 0 Å². The van der Waals surface area contributed by atoms with Gasteiger partial charge in [0.15, 0.2) is 0 Å². The Morgan fingerprint density at radius 3 is 2.41 bits per heavy atom. The highest BCUT2D eigenvalue weighted by atomic mass is 16.3. The third-order valence-electron chi connectivity index (χ3n) is 2.40. The molecule has 0 rings (SSSR count). The Labute approximate surface area is 103 Å². The fourth-order valence-corrected chi connectivity index (χ4v) is 1.38. The first-order valence-corrected chi connectivity index (χ1v) is 6.02. The van der Waals surface area contributed by atoms with Crippen LogP contribution in [0.1, 0.15) is 12.8 Å². The summed E-state index contributed by atoms with van der Waals surface area (Å²) in [6.07, 6.45) is 2.72. The molecule has 0 aliphatic rings. The molecule has 0 aromatic heterocycles. The van der Waals surface area contributed by atoms with Gasteiger partial charge in [0.1, 0.15) is 6.23 Å². The van der Waals surface area contributed by atoms with Crippen molar-refractivity contribution in [2.75, 3.05) is 46.4 Å². The fraction of sp³-hybridized carbons (Fsp3) is 0.909. The highest BCUT2D eigenvalue weighted by Gasteiger charge is 2.01. The van der Waals surface area contributed by atoms with Gasteiger partial charge in [-0.15, -0.1) is 0 Å². The number of nitrogens with zero attached hydrogens (tertiary/aromatic N) is 2. The van der Waals surface area contributed by atoms with Crippen LogP contribution in [0.25, 0.3) is 0 Å². The summed E-state index contributed by atoms with van der Waals surface area (Å²) in [5.74, 6) is 0. The first kappa shape index (κ1) is 16.5. The van der Waals surface area contributed by atoms with Crippen LogP contribution in [0.2, 0.25) is 0 Å². The Kier molecular flexibility index (Phi) is 11.6. The minimum atomic E-state index is -0.493. The molecule has 0 saturated carbocycles. The van der Waals surface area contributed by atoms with Gasteiger partial charge in [-0.3, -0.25) is 15.2 Å². The van der Waals surface area contributed by atoms with Crippen LogP contribution in [-0.2, 0) is 0 Å². The molecule has 0 spiro atoms. The lowest BCUT2D eigenvalue weighted by molar-refractivity contribution is 0.140. The quantitative estimate of drug-likeness (QED) is 0.268. The normalized spacial score (nSPS) is 13.7. The second kappa shape index (κ2) is 11.9. The fourth-order valence-electron chi connectivity index (χ4n) is 1.38. The largest absolute Gasteiger partial charge is 0.395 e. The molecule has 17 heavy (non-hydrogen) atoms. The monoisotopic (exact) mass is 247 g/mol. The molecule has 6 nitrogen and oxygen atoms in total. The van der Waals surface area contributed by atoms with Gasteiger partial charge >= 0.3 is 0 Å². The van der Waals surface area contributed by atoms with Crippen molar-refractivity contribution in [3.63, 3.8) is 0 Å². The van der Waals surface area contributed by atoms with Crippen LogP contribution in [0.3, 0.4) is 0 Å². The van der Waals surface area contributed by atoms with E-state index in [2.05, 4.69) is 10.3 Å². The van der Waals surface area contributed by atoms with Gasteiger partial charge in [-0.2, -0.15) is 0 Å². The first-order chi connectivity index (χ1) is 8.24. The zero-order valence-corrected chi connectivity index (χ0v) is 10.5. The summed E-state index contributed by atoms with van der Waals surface area (Å²) < 4.78 is 0. The summed E-state index contributed by atoms with van der Waals surface area (Å²) in [6, 6.07) is 0. The second-order valence-electron chi connectivity index (χ2n) is 3.76. The third kappa shape index (κ3) is 10.3. The van der Waals surface area contributed by atoms with Crippen molar-refractivity contribution >= 4 is 6.21 Å². The smallest absolute Gasteiger partial charge is 0.106 e. The molecule has 1 atom stereocenters. The molecule has 0 saturated heterocycles. The number of aliphatic imine (C=N–C) groups is 1. The van der Waals surface area contributed by atoms with Gasteiger partial charge in [0.2, 0.25) is 0 Å². The van der Waals surface area contributed by atoms with Crippen LogP contribution >= 0.6 is 0 Å². The van der Waals surface area contributed by atoms with Gasteiger partial charge in [-0.1, -0.05) is 0 Å². The Morgan fingerprint density at radius 2 is 1.88 bits per heavy atom. The van der Waals surface area contributed by atoms with Crippen molar-refractivity contribution in [1.82, 2.24) is 10.2 Å². The van der Waals surface area contributed by atoms with E-state index >= 15 is 0 Å². The van der Waals surface area contributed by atoms with E-state index in [1.165, 1.54) is 0 Å². The Hall–Kier alpha value is -0.530. The van der Waals surface area contributed by atoms with Crippen LogP contribution < -0.4 is 5.32 Å². The van der Waals surface area contributed by atoms with E-state index in [1.54, 1.807) is 7.05 Å². The molecule has 6 heteroatoms. The minimum absolute atomic E-state index is 0.103. The lowest BCUT2D eigenvalue weighted by atomic mass is 10.3. The first-order valence-electron chi connectivity index (χ1n) is 6.02. The van der Waals surface area contributed by atoms with E-state index in [0.29, 0.717) is 26.1 Å². The van der Waals surface area contributed by atoms with Gasteiger partial charge in [0.25, 0.3) is 0 Å². The van der Waals surface area contributed by atoms with E-state index in [1.807, 2.05) is 11.1 Å². The Bertz CT molecular complexity index is 185. The molecule has 4 N–H and O–H groups in total. The Balaban J connectivity index is 3.54. The molecule has 102 valence electrons. The highest BCUT2D eigenvalue weighted by Crippen LogP contribution is 1.90. The average Bonchev–Trinajstić information content (AvgIpc) is 2.33. The van der Waals surface area contributed by atoms with Crippen molar-refractivity contribution in [3.8, 4) is 0 Å². The third-order valence-corrected chi connectivity index (χ3v) is 2.40. The molecular weight excluding hydrogens is 222 g/mol. The van der Waals surface area contributed by atoms with Gasteiger partial charge in [0.05, 0.1) is 13.2 Å². The van der Waals surface area contributed by atoms with E-state index in [-0.39, 0.29) is 13.2 Å². The van der Waals surface area contributed by atoms with Crippen molar-refractivity contribution in [1.29, 1.82) is 0 Å². The standard InChI is InChI=1S/C11H25N3O3/c1-12-11(17)3-5-13-4-2-6-14(7-9-15)8-10-16/h4,11-12,15-17H,2-3,5-10H2,1H3. The van der Waals surface area contributed by atoms with Crippen LogP contribution in [0.4, 0.5) is 0 Å². The lowest BCUT2D eigenvalue weighted by Gasteiger charge is -2.18. The molecule has 0 radical (unpaired) electrons. The molecule has 0 heterocycles. The van der Waals surface area contributed by atoms with E-state index in [0.717, 1.165) is 13.0 Å². The molecular formula is C11H25N3O3. The number of hydrogen-bond acceptors (Lipinski definition) is 6. The summed E-state index contributed by atoms with van der Waals surface area (Å²) in [5, 5.41) is 29.5. The van der Waals surface area contributed by atoms with E-state index < -0.39 is 6.23 Å². The molecule has 0 bridgehead atoms. The maximum absolute atomic E-state index is 9.19. The average molecular weight is 247 g/mol. The van der Waals surface area contributed by atoms with Crippen LogP contribution in [0.5, 0.6) is 0 Å². The van der Waals surface area contributed by atoms with E-state index in [4.69, 9.17) is 10.2 Å². The van der Waals surface area contributed by atoms with Crippen molar-refractivity contribution in [2.45, 2.75) is 19.1 Å². The van der Waals surface area contributed by atoms with Gasteiger partial charge in [0, 0.05) is 32.6 Å². The number of aliphatic hydroxyl groups excluding tert-OH is 3. The predicted molar refractivity (Wildman–Crippen MR) is 68.3 cm³/mol. The predicted octanol–water partition coefficient (Wildman–Crippen LogP) is -1.34. The zero-order valence-electron chi connectivity index (χ0n) is 10.5. The highest BCUT2D eigenvalue weighted by molar-refractivity contribution is 5.57. The summed E-state index contributed by atoms with van der Waals surface area (Å²) in [5.41, 5.74) is 0. The van der Waals surface area contributed by atoms with Crippen LogP contribution in [0, 0.1) is 0 Å². The van der Waals surface area contributed by atoms with E-state index in [9.17, 15) is 5.11 Å². The molecule has 0 aromatic rings. The number of rotatable bonds is 11. The second-order valence-corrected chi connectivity index (χ2v) is 3.76. The van der Waals surface area contributed by atoms with Gasteiger partial charge in [-0.05, 0) is 19.7 Å². The number of nitrogens with one attached hydrogen (secondary N) is 1. The summed E-state index contributed by atoms with van der Waals surface area (Å²) in [4.78, 5) is 6.16. The molecule has 0 aliphatic carbocycles. The van der Waals surface area contributed by atoms with Crippen molar-refractivity contribution < 1.29 is 15.3 Å². The number of hydrogen-bond donors (Lipinski definition) is 4. The minimum Gasteiger partial charge on any atom is -0.395 e. The summed E-state index contributed by atoms with van der Waals surface area (Å²) in [6.45, 7) is 2.73. The molecule has 0 aliphatic heterocycles. The van der Waals surface area contributed by atoms with Crippen LogP contribution in [0.15, 0.2) is 4.99 Å². The van der Waals surface area contributed by atoms with Gasteiger partial charge < -0.3 is 15.3 Å². The molecule has 1 unspecified atom stereocenters. The Morgan fingerprint density at radius 1 is 1.24 bits per heavy atom. The summed E-state index contributed by atoms with van der Waals surface area (Å²) in [7, 11) is 1.70. The maximum atomic E-state index is 9.19. The molecule has 0 amide bonds. The SMILES string of the molecule is CNC(O)CCN=CCCN(CCO)CCO. The summed E-state index contributed by atoms with van der Waals surface area (Å²) >= 11 is 0. The van der Waals surface area contributed by atoms with Crippen molar-refractivity contribution in [2.24, 2.45) is 4.99 Å².